The summed E-state index contributed by atoms with van der Waals surface area (Å²) in [6.45, 7) is 3.89. The number of rotatable bonds is 16. The first kappa shape index (κ1) is 94.5. The van der Waals surface area contributed by atoms with Crippen molar-refractivity contribution in [1.82, 2.24) is 20.1 Å². The van der Waals surface area contributed by atoms with Gasteiger partial charge in [0.05, 0.1) is 87.2 Å². The van der Waals surface area contributed by atoms with Crippen molar-refractivity contribution in [1.29, 1.82) is 0 Å². The van der Waals surface area contributed by atoms with Gasteiger partial charge in [-0.05, 0) is 150 Å². The van der Waals surface area contributed by atoms with Crippen LogP contribution in [-0.4, -0.2) is 116 Å². The number of halogens is 6. The number of carbonyl (C=O) groups is 10. The number of benzene rings is 11. The third-order valence-corrected chi connectivity index (χ3v) is 23.5. The Morgan fingerprint density at radius 1 is 0.443 bits per heavy atom. The summed E-state index contributed by atoms with van der Waals surface area (Å²) >= 11 is 22.0. The molecule has 0 saturated heterocycles. The van der Waals surface area contributed by atoms with Crippen LogP contribution in [0, 0.1) is 0 Å². The Hall–Kier alpha value is -14.1. The van der Waals surface area contributed by atoms with Crippen LogP contribution in [0.4, 0.5) is 5.69 Å². The van der Waals surface area contributed by atoms with Gasteiger partial charge in [0.2, 0.25) is 11.8 Å². The number of likely N-dealkylation sites (N-methyl/N-ethyl adjacent to an activating group) is 2. The van der Waals surface area contributed by atoms with Gasteiger partial charge in [-0.2, -0.15) is 0 Å². The van der Waals surface area contributed by atoms with Gasteiger partial charge in [-0.15, -0.1) is 0 Å². The number of H-pyrrole nitrogens is 1. The summed E-state index contributed by atoms with van der Waals surface area (Å²) in [5.74, 6) is -3.19. The van der Waals surface area contributed by atoms with Crippen LogP contribution in [0.15, 0.2) is 363 Å². The number of hydrogen-bond donors (Lipinski definition) is 4. The first-order valence-corrected chi connectivity index (χ1v) is 44.4. The fraction of sp³-hybridized carbons (Fsp3) is 0.0777. The summed E-state index contributed by atoms with van der Waals surface area (Å²) < 4.78 is 25.5. The van der Waals surface area contributed by atoms with Crippen LogP contribution in [-0.2, 0) is 43.0 Å². The maximum absolute atomic E-state index is 13.8. The van der Waals surface area contributed by atoms with Crippen LogP contribution >= 0.6 is 91.3 Å². The molecule has 0 spiro atoms. The van der Waals surface area contributed by atoms with Crippen molar-refractivity contribution in [2.24, 2.45) is 4.99 Å². The van der Waals surface area contributed by atoms with Crippen molar-refractivity contribution < 1.29 is 76.8 Å². The van der Waals surface area contributed by atoms with E-state index in [2.05, 4.69) is 94.9 Å². The zero-order chi connectivity index (χ0) is 92.1. The van der Waals surface area contributed by atoms with E-state index in [9.17, 15) is 58.2 Å². The molecule has 8 heterocycles. The normalized spacial score (nSPS) is 13.8. The summed E-state index contributed by atoms with van der Waals surface area (Å²) in [6.07, 6.45) is 0.0864. The fourth-order valence-corrected chi connectivity index (χ4v) is 16.2. The molecule has 11 aromatic carbocycles. The molecule has 0 radical (unpaired) electrons. The predicted octanol–water partition coefficient (Wildman–Crippen LogP) is 22.6. The van der Waals surface area contributed by atoms with E-state index in [0.717, 1.165) is 55.9 Å². The molecule has 2 aromatic heterocycles. The van der Waals surface area contributed by atoms with Crippen LogP contribution in [0.3, 0.4) is 0 Å². The molecule has 13 aromatic rings. The van der Waals surface area contributed by atoms with Crippen molar-refractivity contribution >= 4 is 190 Å². The molecule has 0 aliphatic carbocycles. The number of nitrogens with zero attached hydrogens (tertiary/aromatic N) is 4. The molecule has 0 saturated carbocycles. The van der Waals surface area contributed by atoms with Crippen LogP contribution < -0.4 is 10.2 Å². The topological polar surface area (TPSA) is 302 Å². The number of ether oxygens (including phenoxy) is 3. The van der Waals surface area contributed by atoms with Crippen molar-refractivity contribution in [3.05, 3.63) is 420 Å². The fourth-order valence-electron chi connectivity index (χ4n) is 14.7. The minimum atomic E-state index is -0.664. The van der Waals surface area contributed by atoms with Gasteiger partial charge < -0.3 is 48.9 Å². The zero-order valence-electron chi connectivity index (χ0n) is 69.2. The molecular formula is C103H76Br5ClN6O16. The van der Waals surface area contributed by atoms with E-state index in [0.29, 0.717) is 119 Å². The number of aromatic nitrogens is 1. The molecule has 0 bridgehead atoms. The minimum Gasteiger partial charge on any atom is -0.494 e. The highest BCUT2D eigenvalue weighted by Crippen LogP contribution is 2.49. The summed E-state index contributed by atoms with van der Waals surface area (Å²) in [5.41, 5.74) is 13.5. The standard InChI is InChI=1S/C25H17BrN2O2.C20H16BrNO4.C19H12BrNO3.C18H10BrNO3.C13H13NO3.C7H4BrClO.CH4/c1-27-22(16-8-4-2-5-9-16)20-21(24(27)29)23(17-12-14-18(26)15-13-17)28(25(20)30)19-10-6-3-7-11-19;1-2-26-20(25)15-16(18(23)13-8-10-14(21)11-9-13)19(24)22-17(15)12-6-4-3-5-7-12;1-21-16(11-5-3-2-4-6-11)14-15(18(21)22)17(24-19(14)23)12-7-9-13(20)10-8-12;19-12-8-6-11(7-9-12)16-14-13(18(22)23-16)15(20-17(14)21)10-4-2-1-3-5-10;1-2-17-13(16)10-8-11(15)14-12(10)9-6-4-3-5-7-9;8-6-3-1-5(2-4-6)7(9)10;/h2-15H,1H3;3-11,22,24H,2H2,1H3;2-10H,1H3;1-9,22H;3-7H,2,8H2,1H3,(H,14,15);1-4H;1H4. The van der Waals surface area contributed by atoms with Gasteiger partial charge in [0.25, 0.3) is 34.8 Å². The number of para-hydroxylation sites is 1. The van der Waals surface area contributed by atoms with Gasteiger partial charge >= 0.3 is 17.9 Å². The maximum atomic E-state index is 13.8. The molecule has 656 valence electrons. The zero-order valence-corrected chi connectivity index (χ0v) is 77.8. The number of aliphatic imine (C=N–C) groups is 1. The lowest BCUT2D eigenvalue weighted by Crippen LogP contribution is -2.28. The van der Waals surface area contributed by atoms with E-state index in [1.165, 1.54) is 4.90 Å². The second-order valence-corrected chi connectivity index (χ2v) is 33.7. The van der Waals surface area contributed by atoms with Crippen molar-refractivity contribution in [2.45, 2.75) is 27.7 Å². The first-order valence-electron chi connectivity index (χ1n) is 40.0. The lowest BCUT2D eigenvalue weighted by molar-refractivity contribution is -0.139. The largest absolute Gasteiger partial charge is 0.494 e. The van der Waals surface area contributed by atoms with E-state index in [1.54, 1.807) is 111 Å². The Morgan fingerprint density at radius 2 is 0.847 bits per heavy atom. The molecular weight excluding hydrogens is 2010 g/mol. The number of amides is 5. The Labute approximate surface area is 799 Å². The predicted molar refractivity (Wildman–Crippen MR) is 520 cm³/mol. The second-order valence-electron chi connectivity index (χ2n) is 28.8. The van der Waals surface area contributed by atoms with Crippen LogP contribution in [0.25, 0.3) is 51.1 Å². The quantitative estimate of drug-likeness (QED) is 0.0302. The molecule has 131 heavy (non-hydrogen) atoms. The molecule has 19 rings (SSSR count). The maximum Gasteiger partial charge on any atom is 0.346 e. The number of cyclic esters (lactones) is 1. The van der Waals surface area contributed by atoms with Gasteiger partial charge in [-0.25, -0.2) is 19.4 Å². The van der Waals surface area contributed by atoms with Crippen molar-refractivity contribution in [3.8, 4) is 34.4 Å². The first-order chi connectivity index (χ1) is 62.7. The monoisotopic (exact) mass is 2080 g/mol. The number of furan rings is 1. The number of nitrogens with one attached hydrogen (secondary N) is 2. The molecule has 6 aliphatic heterocycles. The Bertz CT molecular complexity index is 6810. The smallest absolute Gasteiger partial charge is 0.346 e. The van der Waals surface area contributed by atoms with Gasteiger partial charge in [0.15, 0.2) is 17.3 Å². The molecule has 6 aliphatic rings. The number of ketones is 1. The average Bonchev–Trinajstić information content (AvgIpc) is 1.55. The molecule has 0 unspecified atom stereocenters. The summed E-state index contributed by atoms with van der Waals surface area (Å²) in [7, 11) is 3.40. The number of aromatic amines is 1. The Morgan fingerprint density at radius 3 is 1.34 bits per heavy atom. The number of carbonyl (C=O) groups excluding carboxylic acids is 10. The minimum absolute atomic E-state index is 0. The van der Waals surface area contributed by atoms with E-state index in [1.807, 2.05) is 231 Å². The molecule has 0 fully saturated rings. The third-order valence-electron chi connectivity index (χ3n) is 20.6. The van der Waals surface area contributed by atoms with Gasteiger partial charge in [-0.1, -0.05) is 293 Å². The number of fused-ring (bicyclic) bond motifs is 3. The molecule has 4 N–H and O–H groups in total. The second kappa shape index (κ2) is 42.5. The van der Waals surface area contributed by atoms with E-state index >= 15 is 0 Å². The van der Waals surface area contributed by atoms with E-state index < -0.39 is 34.8 Å². The number of anilines is 1. The molecule has 22 nitrogen and oxygen atoms in total. The number of hydrogen-bond acceptors (Lipinski definition) is 16. The van der Waals surface area contributed by atoms with Gasteiger partial charge in [-0.3, -0.25) is 38.5 Å². The highest BCUT2D eigenvalue weighted by Gasteiger charge is 2.49. The van der Waals surface area contributed by atoms with Gasteiger partial charge in [0, 0.05) is 70.0 Å². The molecule has 0 atom stereocenters. The van der Waals surface area contributed by atoms with Crippen molar-refractivity contribution in [3.63, 3.8) is 0 Å². The lowest BCUT2D eigenvalue weighted by Gasteiger charge is -2.23. The summed E-state index contributed by atoms with van der Waals surface area (Å²) in [6, 6.07) is 91.9. The highest BCUT2D eigenvalue weighted by atomic mass is 79.9. The third kappa shape index (κ3) is 20.7. The Balaban J connectivity index is 0.000000137. The van der Waals surface area contributed by atoms with Crippen molar-refractivity contribution in [2.75, 3.05) is 32.2 Å². The van der Waals surface area contributed by atoms with E-state index in [-0.39, 0.29) is 67.0 Å². The SMILES string of the molecule is C.CCOC(=O)C1=C(c2ccccc2)NC(=O)C1.CCOC(=O)c1c(-c2ccccc2)[nH]c(O)c1C(=O)c1ccc(Br)cc1.CN1C(=O)C2=C(c3ccc(Br)cc3)N(c3ccccc3)C(=O)C2=C1c1ccccc1.CN1C(=O)C2=C(c3ccc(Br)cc3)OC(=O)C2=C1c1ccccc1.O=C(Cl)c1ccc(Br)cc1.O=C1N=C(c2ccccc2)c2c(O)oc(-c3ccc(Br)cc3)c21. The van der Waals surface area contributed by atoms with Gasteiger partial charge in [0.1, 0.15) is 16.7 Å². The highest BCUT2D eigenvalue weighted by molar-refractivity contribution is 9.11. The lowest BCUT2D eigenvalue weighted by atomic mass is 9.98. The van der Waals surface area contributed by atoms with E-state index in [4.69, 9.17) is 30.2 Å². The molecule has 28 heteroatoms. The van der Waals surface area contributed by atoms with Crippen LogP contribution in [0.2, 0.25) is 0 Å². The Kier molecular flexibility index (Phi) is 30.6. The summed E-state index contributed by atoms with van der Waals surface area (Å²) in [4.78, 5) is 135. The summed E-state index contributed by atoms with van der Waals surface area (Å²) in [5, 5.41) is 22.9. The molecule has 5 amide bonds. The van der Waals surface area contributed by atoms with Crippen LogP contribution in [0.1, 0.15) is 114 Å². The number of esters is 3. The van der Waals surface area contributed by atoms with Crippen LogP contribution in [0.5, 0.6) is 11.8 Å². The average molecular weight is 2090 g/mol. The number of aromatic hydroxyl groups is 2.